The molecule has 0 aliphatic rings. The Kier molecular flexibility index (Phi) is 2.81. The molecule has 0 aromatic heterocycles. The number of fused-ring (bicyclic) bond motifs is 1. The summed E-state index contributed by atoms with van der Waals surface area (Å²) in [4.78, 5) is 0.245. The van der Waals surface area contributed by atoms with Gasteiger partial charge in [0, 0.05) is 24.9 Å². The largest absolute Gasteiger partial charge is 0.300 e. The maximum absolute atomic E-state index is 12.1. The second-order valence-corrected chi connectivity index (χ2v) is 6.06. The van der Waals surface area contributed by atoms with E-state index in [4.69, 9.17) is 5.73 Å². The summed E-state index contributed by atoms with van der Waals surface area (Å²) in [6.07, 6.45) is 0. The predicted molar refractivity (Wildman–Crippen MR) is 67.6 cm³/mol. The van der Waals surface area contributed by atoms with E-state index in [0.29, 0.717) is 16.5 Å². The number of nitrogens with one attached hydrogen (secondary N) is 1. The highest BCUT2D eigenvalue weighted by atomic mass is 32.2. The minimum Gasteiger partial charge on any atom is -0.300 e. The highest BCUT2D eigenvalue weighted by molar-refractivity contribution is 7.89. The number of nitrogens with zero attached hydrogens (tertiary/aromatic N) is 1. The Morgan fingerprint density at radius 2 is 1.59 bits per heavy atom. The van der Waals surface area contributed by atoms with Gasteiger partial charge in [0.25, 0.3) is 0 Å². The van der Waals surface area contributed by atoms with Crippen LogP contribution in [0.15, 0.2) is 41.3 Å². The first-order chi connectivity index (χ1) is 7.94. The van der Waals surface area contributed by atoms with Crippen LogP contribution in [0.1, 0.15) is 0 Å². The molecule has 0 saturated carbocycles. The lowest BCUT2D eigenvalue weighted by atomic mass is 10.1. The van der Waals surface area contributed by atoms with Crippen LogP contribution in [0.3, 0.4) is 0 Å². The van der Waals surface area contributed by atoms with Crippen LogP contribution in [0.5, 0.6) is 0 Å². The summed E-state index contributed by atoms with van der Waals surface area (Å²) >= 11 is 0. The molecule has 0 atom stereocenters. The fourth-order valence-electron chi connectivity index (χ4n) is 1.70. The molecule has 4 nitrogen and oxygen atoms in total. The number of rotatable bonds is 2. The van der Waals surface area contributed by atoms with Crippen molar-refractivity contribution in [2.45, 2.75) is 4.90 Å². The summed E-state index contributed by atoms with van der Waals surface area (Å²) in [6, 6.07) is 10.1. The lowest BCUT2D eigenvalue weighted by Gasteiger charge is -2.13. The van der Waals surface area contributed by atoms with Gasteiger partial charge in [-0.1, -0.05) is 24.3 Å². The van der Waals surface area contributed by atoms with E-state index < -0.39 is 10.0 Å². The Hall–Kier alpha value is -1.59. The van der Waals surface area contributed by atoms with Crippen LogP contribution in [-0.4, -0.2) is 26.8 Å². The molecule has 0 aliphatic heterocycles. The van der Waals surface area contributed by atoms with Gasteiger partial charge in [0.2, 0.25) is 10.0 Å². The molecule has 2 rings (SSSR count). The van der Waals surface area contributed by atoms with Gasteiger partial charge in [-0.25, -0.2) is 12.7 Å². The lowest BCUT2D eigenvalue weighted by molar-refractivity contribution is 0.521. The Morgan fingerprint density at radius 1 is 1.00 bits per heavy atom. The molecule has 0 saturated heterocycles. The zero-order valence-electron chi connectivity index (χ0n) is 9.64. The Bertz CT molecular complexity index is 663. The van der Waals surface area contributed by atoms with Gasteiger partial charge in [0.05, 0.1) is 10.6 Å². The van der Waals surface area contributed by atoms with E-state index in [9.17, 15) is 8.42 Å². The van der Waals surface area contributed by atoms with Crippen molar-refractivity contribution in [2.75, 3.05) is 14.1 Å². The number of sulfonamides is 1. The van der Waals surface area contributed by atoms with Crippen LogP contribution in [0.4, 0.5) is 5.69 Å². The van der Waals surface area contributed by atoms with Crippen molar-refractivity contribution in [2.24, 2.45) is 0 Å². The number of hydrogen-bond acceptors (Lipinski definition) is 2. The molecular formula is C12H13N2O2S. The molecule has 0 heterocycles. The van der Waals surface area contributed by atoms with E-state index in [2.05, 4.69) is 0 Å². The summed E-state index contributed by atoms with van der Waals surface area (Å²) < 4.78 is 25.4. The van der Waals surface area contributed by atoms with Crippen LogP contribution in [0, 0.1) is 0 Å². The van der Waals surface area contributed by atoms with Gasteiger partial charge in [-0.05, 0) is 12.1 Å². The van der Waals surface area contributed by atoms with Crippen molar-refractivity contribution in [1.82, 2.24) is 10.0 Å². The fraction of sp³-hybridized carbons (Fsp3) is 0.167. The monoisotopic (exact) mass is 249 g/mol. The Morgan fingerprint density at radius 3 is 2.24 bits per heavy atom. The summed E-state index contributed by atoms with van der Waals surface area (Å²) in [7, 11) is -0.473. The van der Waals surface area contributed by atoms with E-state index >= 15 is 0 Å². The first-order valence-corrected chi connectivity index (χ1v) is 6.54. The smallest absolute Gasteiger partial charge is 0.243 e. The molecule has 89 valence electrons. The van der Waals surface area contributed by atoms with Crippen molar-refractivity contribution >= 4 is 26.5 Å². The molecule has 0 amide bonds. The van der Waals surface area contributed by atoms with Crippen LogP contribution >= 0.6 is 0 Å². The van der Waals surface area contributed by atoms with Gasteiger partial charge in [-0.2, -0.15) is 0 Å². The minimum atomic E-state index is -3.47. The first kappa shape index (κ1) is 11.9. The van der Waals surface area contributed by atoms with Crippen LogP contribution in [0.2, 0.25) is 0 Å². The zero-order chi connectivity index (χ0) is 12.6. The molecule has 0 spiro atoms. The Labute approximate surface area is 101 Å². The van der Waals surface area contributed by atoms with E-state index in [1.54, 1.807) is 36.4 Å². The van der Waals surface area contributed by atoms with E-state index in [0.717, 1.165) is 0 Å². The summed E-state index contributed by atoms with van der Waals surface area (Å²) in [5.41, 5.74) is 8.10. The minimum absolute atomic E-state index is 0.245. The Balaban J connectivity index is 2.85. The summed E-state index contributed by atoms with van der Waals surface area (Å²) in [6.45, 7) is 0. The molecule has 0 bridgehead atoms. The molecule has 0 unspecified atom stereocenters. The summed E-state index contributed by atoms with van der Waals surface area (Å²) in [5, 5.41) is 1.24. The topological polar surface area (TPSA) is 61.2 Å². The standard InChI is InChI=1S/C12H13N2O2S/c1-14(2)17(15,16)12-8-4-5-9-10(12)6-3-7-11(9)13/h3-8,13H,1-2H3. The quantitative estimate of drug-likeness (QED) is 0.817. The van der Waals surface area contributed by atoms with Gasteiger partial charge in [-0.15, -0.1) is 0 Å². The first-order valence-electron chi connectivity index (χ1n) is 5.10. The van der Waals surface area contributed by atoms with Crippen molar-refractivity contribution < 1.29 is 8.42 Å². The van der Waals surface area contributed by atoms with E-state index in [1.165, 1.54) is 18.4 Å². The molecule has 0 fully saturated rings. The lowest BCUT2D eigenvalue weighted by Crippen LogP contribution is -2.22. The maximum Gasteiger partial charge on any atom is 0.243 e. The summed E-state index contributed by atoms with van der Waals surface area (Å²) in [5.74, 6) is 0. The maximum atomic E-state index is 12.1. The third kappa shape index (κ3) is 1.87. The third-order valence-corrected chi connectivity index (χ3v) is 4.51. The fourth-order valence-corrected chi connectivity index (χ4v) is 2.80. The normalized spacial score (nSPS) is 12.2. The van der Waals surface area contributed by atoms with E-state index in [1.807, 2.05) is 0 Å². The van der Waals surface area contributed by atoms with Gasteiger partial charge >= 0.3 is 0 Å². The highest BCUT2D eigenvalue weighted by Crippen LogP contribution is 2.28. The van der Waals surface area contributed by atoms with Gasteiger partial charge < -0.3 is 5.73 Å². The van der Waals surface area contributed by atoms with Gasteiger partial charge in [0.1, 0.15) is 0 Å². The molecule has 2 aromatic rings. The highest BCUT2D eigenvalue weighted by Gasteiger charge is 2.19. The SMILES string of the molecule is CN(C)S(=O)(=O)c1cccc2c([NH])cccc12. The molecule has 17 heavy (non-hydrogen) atoms. The molecule has 1 radical (unpaired) electrons. The van der Waals surface area contributed by atoms with Crippen molar-refractivity contribution in [3.05, 3.63) is 36.4 Å². The molecule has 1 N–H and O–H groups in total. The molecule has 5 heteroatoms. The van der Waals surface area contributed by atoms with Gasteiger partial charge in [-0.3, -0.25) is 0 Å². The number of benzene rings is 2. The van der Waals surface area contributed by atoms with Gasteiger partial charge in [0.15, 0.2) is 0 Å². The predicted octanol–water partition coefficient (Wildman–Crippen LogP) is 2.00. The third-order valence-electron chi connectivity index (χ3n) is 2.64. The molecule has 0 aliphatic carbocycles. The second-order valence-electron chi connectivity index (χ2n) is 3.94. The van der Waals surface area contributed by atoms with Crippen molar-refractivity contribution in [3.8, 4) is 0 Å². The second kappa shape index (κ2) is 4.01. The van der Waals surface area contributed by atoms with Crippen molar-refractivity contribution in [1.29, 1.82) is 0 Å². The van der Waals surface area contributed by atoms with Crippen LogP contribution in [-0.2, 0) is 10.0 Å². The van der Waals surface area contributed by atoms with Crippen LogP contribution in [0.25, 0.3) is 10.8 Å². The van der Waals surface area contributed by atoms with Crippen LogP contribution < -0.4 is 5.73 Å². The van der Waals surface area contributed by atoms with E-state index in [-0.39, 0.29) is 4.90 Å². The average molecular weight is 249 g/mol. The molecule has 2 aromatic carbocycles. The zero-order valence-corrected chi connectivity index (χ0v) is 10.5. The van der Waals surface area contributed by atoms with Crippen molar-refractivity contribution in [3.63, 3.8) is 0 Å². The molecular weight excluding hydrogens is 236 g/mol. The number of hydrogen-bond donors (Lipinski definition) is 0. The average Bonchev–Trinajstić information content (AvgIpc) is 2.28.